The van der Waals surface area contributed by atoms with Gasteiger partial charge in [-0.1, -0.05) is 52.4 Å². The molecule has 0 aromatic rings. The van der Waals surface area contributed by atoms with Crippen LogP contribution in [0.3, 0.4) is 0 Å². The number of carboxylic acids is 1. The van der Waals surface area contributed by atoms with Gasteiger partial charge in [0.25, 0.3) is 0 Å². The SMILES string of the molecule is CCCCCCCC(C)CCC(=O)OC(CC(=O)O)C[N+](C)(C)C. The summed E-state index contributed by atoms with van der Waals surface area (Å²) in [6, 6.07) is 0. The molecule has 2 atom stereocenters. The molecule has 5 heteroatoms. The summed E-state index contributed by atoms with van der Waals surface area (Å²) in [5, 5.41) is 8.97. The molecule has 5 nitrogen and oxygen atoms in total. The summed E-state index contributed by atoms with van der Waals surface area (Å²) < 4.78 is 5.98. The predicted molar refractivity (Wildman–Crippen MR) is 96.8 cm³/mol. The minimum Gasteiger partial charge on any atom is -0.481 e. The first-order valence-corrected chi connectivity index (χ1v) is 9.35. The van der Waals surface area contributed by atoms with Gasteiger partial charge >= 0.3 is 11.9 Å². The Morgan fingerprint density at radius 2 is 1.67 bits per heavy atom. The van der Waals surface area contributed by atoms with Gasteiger partial charge in [0.2, 0.25) is 0 Å². The van der Waals surface area contributed by atoms with E-state index in [2.05, 4.69) is 13.8 Å². The second-order valence-corrected chi connectivity index (χ2v) is 8.03. The number of nitrogens with zero attached hydrogens (tertiary/aromatic N) is 1. The van der Waals surface area contributed by atoms with E-state index in [0.29, 0.717) is 23.4 Å². The zero-order valence-corrected chi connectivity index (χ0v) is 16.3. The van der Waals surface area contributed by atoms with Gasteiger partial charge in [-0.05, 0) is 12.3 Å². The first-order valence-electron chi connectivity index (χ1n) is 9.35. The van der Waals surface area contributed by atoms with Crippen LogP contribution in [-0.2, 0) is 14.3 Å². The number of hydrogen-bond acceptors (Lipinski definition) is 3. The second kappa shape index (κ2) is 12.3. The fourth-order valence-electron chi connectivity index (χ4n) is 2.80. The summed E-state index contributed by atoms with van der Waals surface area (Å²) in [5.74, 6) is -0.690. The smallest absolute Gasteiger partial charge is 0.307 e. The number of carboxylic acid groups (broad SMARTS) is 1. The van der Waals surface area contributed by atoms with Gasteiger partial charge in [0.15, 0.2) is 6.10 Å². The number of carbonyl (C=O) groups excluding carboxylic acids is 1. The molecule has 0 aliphatic rings. The lowest BCUT2D eigenvalue weighted by atomic mass is 9.98. The molecule has 24 heavy (non-hydrogen) atoms. The highest BCUT2D eigenvalue weighted by Crippen LogP contribution is 2.17. The topological polar surface area (TPSA) is 63.6 Å². The number of rotatable bonds is 14. The van der Waals surface area contributed by atoms with Crippen LogP contribution in [0.1, 0.15) is 71.6 Å². The van der Waals surface area contributed by atoms with Crippen LogP contribution in [0.4, 0.5) is 0 Å². The molecule has 0 aromatic heterocycles. The van der Waals surface area contributed by atoms with Gasteiger partial charge in [-0.25, -0.2) is 0 Å². The molecule has 0 bridgehead atoms. The maximum atomic E-state index is 12.0. The van der Waals surface area contributed by atoms with Crippen molar-refractivity contribution in [3.63, 3.8) is 0 Å². The first-order chi connectivity index (χ1) is 11.1. The van der Waals surface area contributed by atoms with Crippen molar-refractivity contribution in [1.82, 2.24) is 0 Å². The van der Waals surface area contributed by atoms with Gasteiger partial charge in [0.1, 0.15) is 6.54 Å². The Morgan fingerprint density at radius 3 is 2.21 bits per heavy atom. The Balaban J connectivity index is 4.07. The lowest BCUT2D eigenvalue weighted by molar-refractivity contribution is -0.873. The van der Waals surface area contributed by atoms with Crippen LogP contribution < -0.4 is 0 Å². The van der Waals surface area contributed by atoms with E-state index in [1.54, 1.807) is 0 Å². The summed E-state index contributed by atoms with van der Waals surface area (Å²) in [4.78, 5) is 23.0. The molecule has 0 fully saturated rings. The summed E-state index contributed by atoms with van der Waals surface area (Å²) in [6.07, 6.45) is 8.01. The van der Waals surface area contributed by atoms with E-state index in [-0.39, 0.29) is 12.4 Å². The summed E-state index contributed by atoms with van der Waals surface area (Å²) in [7, 11) is 5.88. The van der Waals surface area contributed by atoms with Crippen molar-refractivity contribution >= 4 is 11.9 Å². The van der Waals surface area contributed by atoms with Gasteiger partial charge in [-0.2, -0.15) is 0 Å². The van der Waals surface area contributed by atoms with Gasteiger partial charge < -0.3 is 14.3 Å². The molecule has 0 aliphatic carbocycles. The highest BCUT2D eigenvalue weighted by atomic mass is 16.5. The quantitative estimate of drug-likeness (QED) is 0.295. The fourth-order valence-corrected chi connectivity index (χ4v) is 2.80. The maximum absolute atomic E-state index is 12.0. The summed E-state index contributed by atoms with van der Waals surface area (Å²) >= 11 is 0. The minimum atomic E-state index is -0.929. The van der Waals surface area contributed by atoms with E-state index >= 15 is 0 Å². The molecule has 0 heterocycles. The minimum absolute atomic E-state index is 0.131. The third kappa shape index (κ3) is 14.5. The third-order valence-corrected chi connectivity index (χ3v) is 4.09. The van der Waals surface area contributed by atoms with Crippen molar-refractivity contribution in [2.24, 2.45) is 5.92 Å². The number of likely N-dealkylation sites (N-methyl/N-ethyl adjacent to an activating group) is 1. The zero-order chi connectivity index (χ0) is 18.6. The van der Waals surface area contributed by atoms with E-state index in [0.717, 1.165) is 12.8 Å². The molecule has 0 rings (SSSR count). The average molecular weight is 345 g/mol. The van der Waals surface area contributed by atoms with E-state index in [9.17, 15) is 9.59 Å². The van der Waals surface area contributed by atoms with E-state index < -0.39 is 12.1 Å². The normalized spacial score (nSPS) is 14.2. The monoisotopic (exact) mass is 344 g/mol. The molecular weight excluding hydrogens is 306 g/mol. The molecule has 0 spiro atoms. The van der Waals surface area contributed by atoms with Crippen molar-refractivity contribution < 1.29 is 23.9 Å². The van der Waals surface area contributed by atoms with Crippen molar-refractivity contribution in [2.45, 2.75) is 77.7 Å². The molecule has 2 unspecified atom stereocenters. The van der Waals surface area contributed by atoms with Crippen LogP contribution in [0.5, 0.6) is 0 Å². The fraction of sp³-hybridized carbons (Fsp3) is 0.895. The molecule has 0 saturated carbocycles. The number of esters is 1. The predicted octanol–water partition coefficient (Wildman–Crippen LogP) is 3.86. The number of aliphatic carboxylic acids is 1. The zero-order valence-electron chi connectivity index (χ0n) is 16.3. The molecule has 0 saturated heterocycles. The third-order valence-electron chi connectivity index (χ3n) is 4.09. The Labute approximate surface area is 148 Å². The number of ether oxygens (including phenoxy) is 1. The van der Waals surface area contributed by atoms with Gasteiger partial charge in [-0.15, -0.1) is 0 Å². The van der Waals surface area contributed by atoms with Crippen LogP contribution in [0.25, 0.3) is 0 Å². The summed E-state index contributed by atoms with van der Waals surface area (Å²) in [5.41, 5.74) is 0. The molecule has 142 valence electrons. The standard InChI is InChI=1S/C19H37NO4/c1-6-7-8-9-10-11-16(2)12-13-19(23)24-17(14-18(21)22)15-20(3,4)5/h16-17H,6-15H2,1-5H3/p+1. The van der Waals surface area contributed by atoms with Crippen molar-refractivity contribution in [3.8, 4) is 0 Å². The number of unbranched alkanes of at least 4 members (excludes halogenated alkanes) is 4. The van der Waals surface area contributed by atoms with Crippen LogP contribution in [0.15, 0.2) is 0 Å². The van der Waals surface area contributed by atoms with Crippen LogP contribution in [-0.4, -0.2) is 55.3 Å². The Morgan fingerprint density at radius 1 is 1.04 bits per heavy atom. The van der Waals surface area contributed by atoms with Crippen LogP contribution >= 0.6 is 0 Å². The highest BCUT2D eigenvalue weighted by Gasteiger charge is 2.24. The molecule has 0 amide bonds. The highest BCUT2D eigenvalue weighted by molar-refractivity contribution is 5.71. The number of hydrogen-bond donors (Lipinski definition) is 1. The number of quaternary nitrogens is 1. The maximum Gasteiger partial charge on any atom is 0.307 e. The molecule has 1 N–H and O–H groups in total. The Kier molecular flexibility index (Phi) is 11.7. The lowest BCUT2D eigenvalue weighted by Gasteiger charge is -2.28. The van der Waals surface area contributed by atoms with Crippen LogP contribution in [0.2, 0.25) is 0 Å². The molecular formula is C19H38NO4+. The average Bonchev–Trinajstić information content (AvgIpc) is 2.42. The molecule has 0 radical (unpaired) electrons. The van der Waals surface area contributed by atoms with Crippen LogP contribution in [0, 0.1) is 5.92 Å². The summed E-state index contributed by atoms with van der Waals surface area (Å²) in [6.45, 7) is 4.89. The van der Waals surface area contributed by atoms with E-state index in [1.165, 1.54) is 32.1 Å². The van der Waals surface area contributed by atoms with Crippen molar-refractivity contribution in [2.75, 3.05) is 27.7 Å². The Hall–Kier alpha value is -1.10. The first kappa shape index (κ1) is 22.9. The van der Waals surface area contributed by atoms with Gasteiger partial charge in [-0.3, -0.25) is 9.59 Å². The van der Waals surface area contributed by atoms with Crippen molar-refractivity contribution in [1.29, 1.82) is 0 Å². The number of carbonyl (C=O) groups is 2. The van der Waals surface area contributed by atoms with Gasteiger partial charge in [0.05, 0.1) is 27.6 Å². The largest absolute Gasteiger partial charge is 0.481 e. The lowest BCUT2D eigenvalue weighted by Crippen LogP contribution is -2.43. The van der Waals surface area contributed by atoms with Crippen molar-refractivity contribution in [3.05, 3.63) is 0 Å². The molecule has 0 aromatic carbocycles. The van der Waals surface area contributed by atoms with E-state index in [1.807, 2.05) is 21.1 Å². The Bertz CT molecular complexity index is 363. The van der Waals surface area contributed by atoms with E-state index in [4.69, 9.17) is 9.84 Å². The van der Waals surface area contributed by atoms with Gasteiger partial charge in [0, 0.05) is 6.42 Å². The molecule has 0 aliphatic heterocycles. The second-order valence-electron chi connectivity index (χ2n) is 8.03.